The van der Waals surface area contributed by atoms with Gasteiger partial charge in [-0.15, -0.1) is 0 Å². The van der Waals surface area contributed by atoms with Gasteiger partial charge in [0.1, 0.15) is 0 Å². The van der Waals surface area contributed by atoms with Gasteiger partial charge in [0.25, 0.3) is 0 Å². The van der Waals surface area contributed by atoms with E-state index in [1.165, 1.54) is 60.3 Å². The number of fused-ring (bicyclic) bond motifs is 2. The van der Waals surface area contributed by atoms with E-state index < -0.39 is 0 Å². The molecular weight excluding hydrogens is 707 g/mol. The largest absolute Gasteiger partial charge is 0.344 e. The zero-order chi connectivity index (χ0) is 39.6. The Hall–Kier alpha value is -7.37. The van der Waals surface area contributed by atoms with Crippen LogP contribution in [-0.2, 0) is 7.05 Å². The predicted octanol–water partition coefficient (Wildman–Crippen LogP) is 13.7. The van der Waals surface area contributed by atoms with E-state index in [-0.39, 0.29) is 0 Å². The monoisotopic (exact) mass is 749 g/mol. The predicted molar refractivity (Wildman–Crippen MR) is 244 cm³/mol. The standard InChI is InChI=1S/C27H19N3.C24H18N2.C2H6/c1-4-11-20(12-5-1)23-17-10-18-24(19-23)27-29-25(21-13-6-2-7-14-21)28-26(30-27)22-15-8-3-9-16-22;1-15-6-9-17(10-7-15)26-13-12-18-19-11-8-16-4-3-5-20-23(16)24(19)22(25(20)2)14-21(18)26;1-2/h1-19H;3-14H,1-2H3;1-2H3. The summed E-state index contributed by atoms with van der Waals surface area (Å²) in [5.74, 6) is 2.01. The summed E-state index contributed by atoms with van der Waals surface area (Å²) < 4.78 is 4.63. The Bertz CT molecular complexity index is 3070. The normalized spacial score (nSPS) is 11.1. The Morgan fingerprint density at radius 1 is 0.397 bits per heavy atom. The minimum atomic E-state index is 0.667. The van der Waals surface area contributed by atoms with Crippen molar-refractivity contribution in [2.24, 2.45) is 7.05 Å². The summed E-state index contributed by atoms with van der Waals surface area (Å²) in [6.07, 6.45) is 2.19. The maximum absolute atomic E-state index is 4.81. The van der Waals surface area contributed by atoms with E-state index in [0.717, 1.165) is 22.3 Å². The molecule has 0 spiro atoms. The van der Waals surface area contributed by atoms with Crippen LogP contribution in [-0.4, -0.2) is 24.1 Å². The third-order valence-corrected chi connectivity index (χ3v) is 10.7. The van der Waals surface area contributed by atoms with Crippen molar-refractivity contribution in [3.8, 4) is 51.0 Å². The molecule has 3 heterocycles. The van der Waals surface area contributed by atoms with Crippen LogP contribution in [0.5, 0.6) is 0 Å². The van der Waals surface area contributed by atoms with Gasteiger partial charge in [-0.2, -0.15) is 0 Å². The molecule has 11 aromatic rings. The molecule has 0 aliphatic heterocycles. The zero-order valence-corrected chi connectivity index (χ0v) is 33.1. The number of rotatable bonds is 5. The van der Waals surface area contributed by atoms with Crippen molar-refractivity contribution >= 4 is 43.5 Å². The average molecular weight is 750 g/mol. The Balaban J connectivity index is 0.000000145. The molecule has 0 bridgehead atoms. The molecule has 0 N–H and O–H groups in total. The van der Waals surface area contributed by atoms with Gasteiger partial charge in [-0.3, -0.25) is 0 Å². The van der Waals surface area contributed by atoms with Crippen molar-refractivity contribution in [1.29, 1.82) is 0 Å². The molecule has 0 unspecified atom stereocenters. The lowest BCUT2D eigenvalue weighted by Crippen LogP contribution is -2.00. The van der Waals surface area contributed by atoms with Crippen LogP contribution in [0, 0.1) is 6.92 Å². The minimum Gasteiger partial charge on any atom is -0.344 e. The molecule has 11 rings (SSSR count). The maximum Gasteiger partial charge on any atom is 0.164 e. The molecule has 0 saturated carbocycles. The third kappa shape index (κ3) is 6.67. The highest BCUT2D eigenvalue weighted by Gasteiger charge is 2.18. The van der Waals surface area contributed by atoms with Gasteiger partial charge in [0.05, 0.1) is 11.0 Å². The highest BCUT2D eigenvalue weighted by molar-refractivity contribution is 6.29. The molecular formula is C53H43N5. The van der Waals surface area contributed by atoms with Crippen LogP contribution in [0.15, 0.2) is 188 Å². The summed E-state index contributed by atoms with van der Waals surface area (Å²) in [6.45, 7) is 6.13. The van der Waals surface area contributed by atoms with Crippen LogP contribution in [0.1, 0.15) is 19.4 Å². The number of benzene rings is 8. The first kappa shape index (κ1) is 36.3. The summed E-state index contributed by atoms with van der Waals surface area (Å²) in [4.78, 5) is 14.4. The van der Waals surface area contributed by atoms with Crippen LogP contribution in [0.4, 0.5) is 0 Å². The summed E-state index contributed by atoms with van der Waals surface area (Å²) in [6, 6.07) is 63.2. The quantitative estimate of drug-likeness (QED) is 0.165. The fraction of sp³-hybridized carbons (Fsp3) is 0.0755. The molecule has 5 heteroatoms. The lowest BCUT2D eigenvalue weighted by Gasteiger charge is -2.09. The van der Waals surface area contributed by atoms with E-state index in [9.17, 15) is 0 Å². The third-order valence-electron chi connectivity index (χ3n) is 10.7. The molecule has 280 valence electrons. The number of aryl methyl sites for hydroxylation is 2. The Morgan fingerprint density at radius 3 is 1.59 bits per heavy atom. The Labute approximate surface area is 338 Å². The number of nitrogens with zero attached hydrogens (tertiary/aromatic N) is 5. The fourth-order valence-electron chi connectivity index (χ4n) is 7.88. The molecule has 5 nitrogen and oxygen atoms in total. The number of hydrogen-bond acceptors (Lipinski definition) is 3. The second kappa shape index (κ2) is 15.6. The van der Waals surface area contributed by atoms with E-state index in [4.69, 9.17) is 15.0 Å². The second-order valence-corrected chi connectivity index (χ2v) is 14.3. The van der Waals surface area contributed by atoms with Gasteiger partial charge in [0.15, 0.2) is 17.5 Å². The molecule has 0 atom stereocenters. The van der Waals surface area contributed by atoms with Gasteiger partial charge >= 0.3 is 0 Å². The Kier molecular flexibility index (Phi) is 9.78. The fourth-order valence-corrected chi connectivity index (χ4v) is 7.88. The SMILES string of the molecule is CC.Cc1ccc(-n2ccc3c4ccc5cccc6c5c4c(cc32)n6C)cc1.c1ccc(-c2cccc(-c3nc(-c4ccccc4)nc(-c4ccccc4)n3)c2)cc1. The number of aromatic nitrogens is 5. The van der Waals surface area contributed by atoms with E-state index in [1.807, 2.05) is 105 Å². The van der Waals surface area contributed by atoms with E-state index >= 15 is 0 Å². The number of hydrogen-bond donors (Lipinski definition) is 0. The maximum atomic E-state index is 4.81. The van der Waals surface area contributed by atoms with Gasteiger partial charge in [-0.25, -0.2) is 15.0 Å². The lowest BCUT2D eigenvalue weighted by atomic mass is 10.00. The van der Waals surface area contributed by atoms with E-state index in [0.29, 0.717) is 17.5 Å². The molecule has 0 aliphatic carbocycles. The Morgan fingerprint density at radius 2 is 0.948 bits per heavy atom. The van der Waals surface area contributed by atoms with Crippen molar-refractivity contribution in [3.63, 3.8) is 0 Å². The zero-order valence-electron chi connectivity index (χ0n) is 33.1. The first-order valence-electron chi connectivity index (χ1n) is 19.9. The first-order valence-corrected chi connectivity index (χ1v) is 19.9. The molecule has 3 aromatic heterocycles. The average Bonchev–Trinajstić information content (AvgIpc) is 3.86. The van der Waals surface area contributed by atoms with Crippen molar-refractivity contribution in [2.75, 3.05) is 0 Å². The van der Waals surface area contributed by atoms with Crippen molar-refractivity contribution < 1.29 is 0 Å². The smallest absolute Gasteiger partial charge is 0.164 e. The van der Waals surface area contributed by atoms with Crippen LogP contribution >= 0.6 is 0 Å². The van der Waals surface area contributed by atoms with Crippen LogP contribution in [0.25, 0.3) is 94.5 Å². The lowest BCUT2D eigenvalue weighted by molar-refractivity contribution is 1.01. The van der Waals surface area contributed by atoms with Crippen molar-refractivity contribution in [2.45, 2.75) is 20.8 Å². The molecule has 0 fully saturated rings. The van der Waals surface area contributed by atoms with Gasteiger partial charge in [0, 0.05) is 57.3 Å². The molecule has 8 aromatic carbocycles. The van der Waals surface area contributed by atoms with Crippen LogP contribution in [0.3, 0.4) is 0 Å². The summed E-state index contributed by atoms with van der Waals surface area (Å²) in [7, 11) is 2.18. The van der Waals surface area contributed by atoms with Crippen LogP contribution in [0.2, 0.25) is 0 Å². The first-order chi connectivity index (χ1) is 28.6. The highest BCUT2D eigenvalue weighted by atomic mass is 15.0. The van der Waals surface area contributed by atoms with Crippen LogP contribution < -0.4 is 0 Å². The van der Waals surface area contributed by atoms with Crippen molar-refractivity contribution in [3.05, 3.63) is 194 Å². The molecule has 0 saturated heterocycles. The molecule has 0 aliphatic rings. The van der Waals surface area contributed by atoms with Gasteiger partial charge in [0.2, 0.25) is 0 Å². The summed E-state index contributed by atoms with van der Waals surface area (Å²) >= 11 is 0. The molecule has 58 heavy (non-hydrogen) atoms. The van der Waals surface area contributed by atoms with E-state index in [2.05, 4.69) is 120 Å². The minimum absolute atomic E-state index is 0.667. The van der Waals surface area contributed by atoms with E-state index in [1.54, 1.807) is 0 Å². The summed E-state index contributed by atoms with van der Waals surface area (Å²) in [5, 5.41) is 6.74. The summed E-state index contributed by atoms with van der Waals surface area (Å²) in [5.41, 5.74) is 11.6. The highest BCUT2D eigenvalue weighted by Crippen LogP contribution is 2.41. The topological polar surface area (TPSA) is 48.5 Å². The molecule has 0 radical (unpaired) electrons. The van der Waals surface area contributed by atoms with Crippen molar-refractivity contribution in [1.82, 2.24) is 24.1 Å². The van der Waals surface area contributed by atoms with Gasteiger partial charge in [-0.1, -0.05) is 165 Å². The van der Waals surface area contributed by atoms with Gasteiger partial charge in [-0.05, 0) is 65.2 Å². The molecule has 0 amide bonds. The second-order valence-electron chi connectivity index (χ2n) is 14.3. The van der Waals surface area contributed by atoms with Gasteiger partial charge < -0.3 is 9.13 Å².